The van der Waals surface area contributed by atoms with E-state index in [0.29, 0.717) is 6.41 Å². The second-order valence-corrected chi connectivity index (χ2v) is 3.74. The van der Waals surface area contributed by atoms with Gasteiger partial charge in [-0.05, 0) is 12.8 Å². The molecule has 0 heterocycles. The zero-order valence-electron chi connectivity index (χ0n) is 9.21. The lowest BCUT2D eigenvalue weighted by atomic mass is 9.89. The van der Waals surface area contributed by atoms with Crippen molar-refractivity contribution in [3.63, 3.8) is 0 Å². The van der Waals surface area contributed by atoms with E-state index in [0.717, 1.165) is 44.8 Å². The van der Waals surface area contributed by atoms with Crippen molar-refractivity contribution in [3.8, 4) is 0 Å². The van der Waals surface area contributed by atoms with Gasteiger partial charge in [0.25, 0.3) is 0 Å². The summed E-state index contributed by atoms with van der Waals surface area (Å²) >= 11 is 0. The molecule has 0 spiro atoms. The van der Waals surface area contributed by atoms with E-state index >= 15 is 0 Å². The summed E-state index contributed by atoms with van der Waals surface area (Å²) in [5.74, 6) is 0. The van der Waals surface area contributed by atoms with Crippen molar-refractivity contribution in [2.45, 2.75) is 57.9 Å². The molecular weight excluding hydrogens is 178 g/mol. The fourth-order valence-electron chi connectivity index (χ4n) is 1.52. The minimum absolute atomic E-state index is 0.603. The Kier molecular flexibility index (Phi) is 7.07. The van der Waals surface area contributed by atoms with Crippen molar-refractivity contribution in [1.82, 2.24) is 5.32 Å². The highest BCUT2D eigenvalue weighted by Gasteiger charge is 2.27. The first kappa shape index (κ1) is 13.1. The minimum Gasteiger partial charge on any atom is -0.346 e. The van der Waals surface area contributed by atoms with E-state index in [9.17, 15) is 9.59 Å². The lowest BCUT2D eigenvalue weighted by Gasteiger charge is -2.27. The zero-order chi connectivity index (χ0) is 10.9. The number of carbonyl (C=O) groups excluding carboxylic acids is 2. The van der Waals surface area contributed by atoms with Crippen molar-refractivity contribution in [2.24, 2.45) is 0 Å². The van der Waals surface area contributed by atoms with E-state index in [4.69, 9.17) is 0 Å². The third-order valence-electron chi connectivity index (χ3n) is 2.52. The highest BCUT2D eigenvalue weighted by molar-refractivity contribution is 5.69. The molecule has 0 aliphatic heterocycles. The normalized spacial score (nSPS) is 11.0. The van der Waals surface area contributed by atoms with Gasteiger partial charge in [0.15, 0.2) is 0 Å². The van der Waals surface area contributed by atoms with E-state index in [2.05, 4.69) is 19.2 Å². The molecule has 0 aromatic rings. The Labute approximate surface area is 86.3 Å². The van der Waals surface area contributed by atoms with Crippen LogP contribution in [0.25, 0.3) is 0 Å². The predicted octanol–water partition coefficient (Wildman–Crippen LogP) is 2.05. The van der Waals surface area contributed by atoms with Gasteiger partial charge in [0.2, 0.25) is 6.41 Å². The summed E-state index contributed by atoms with van der Waals surface area (Å²) in [6.45, 7) is 4.16. The lowest BCUT2D eigenvalue weighted by molar-refractivity contribution is -0.119. The van der Waals surface area contributed by atoms with Crippen molar-refractivity contribution in [1.29, 1.82) is 0 Å². The van der Waals surface area contributed by atoms with Crippen LogP contribution in [0.1, 0.15) is 52.4 Å². The molecule has 0 aromatic carbocycles. The number of rotatable bonds is 9. The Hall–Kier alpha value is -0.860. The third kappa shape index (κ3) is 4.40. The fourth-order valence-corrected chi connectivity index (χ4v) is 1.52. The summed E-state index contributed by atoms with van der Waals surface area (Å²) in [5, 5.41) is 2.67. The van der Waals surface area contributed by atoms with E-state index < -0.39 is 5.54 Å². The van der Waals surface area contributed by atoms with Gasteiger partial charge in [-0.25, -0.2) is 0 Å². The van der Waals surface area contributed by atoms with Gasteiger partial charge in [-0.1, -0.05) is 39.5 Å². The predicted molar refractivity (Wildman–Crippen MR) is 57.0 cm³/mol. The summed E-state index contributed by atoms with van der Waals surface area (Å²) in [6, 6.07) is 0. The minimum atomic E-state index is -0.603. The number of hydrogen-bond acceptors (Lipinski definition) is 2. The maximum absolute atomic E-state index is 11.0. The Morgan fingerprint density at radius 3 is 1.86 bits per heavy atom. The van der Waals surface area contributed by atoms with Gasteiger partial charge in [0, 0.05) is 0 Å². The standard InChI is InChI=1S/C11H21NO2/c1-3-5-7-11(9-13,12-10-14)8-6-4-2/h9-10H,3-8H2,1-2H3,(H,12,14). The van der Waals surface area contributed by atoms with Crippen molar-refractivity contribution in [3.05, 3.63) is 0 Å². The van der Waals surface area contributed by atoms with Crippen LogP contribution >= 0.6 is 0 Å². The molecule has 3 heteroatoms. The van der Waals surface area contributed by atoms with Crippen LogP contribution in [0, 0.1) is 0 Å². The molecule has 1 N–H and O–H groups in total. The topological polar surface area (TPSA) is 46.2 Å². The Bertz CT molecular complexity index is 161. The molecule has 0 fully saturated rings. The van der Waals surface area contributed by atoms with E-state index in [1.807, 2.05) is 0 Å². The van der Waals surface area contributed by atoms with Crippen LogP contribution in [0.4, 0.5) is 0 Å². The summed E-state index contributed by atoms with van der Waals surface area (Å²) in [7, 11) is 0. The zero-order valence-corrected chi connectivity index (χ0v) is 9.21. The molecular formula is C11H21NO2. The Morgan fingerprint density at radius 1 is 1.07 bits per heavy atom. The first-order chi connectivity index (χ1) is 6.74. The highest BCUT2D eigenvalue weighted by Crippen LogP contribution is 2.18. The first-order valence-corrected chi connectivity index (χ1v) is 5.42. The molecule has 0 saturated carbocycles. The van der Waals surface area contributed by atoms with Gasteiger partial charge < -0.3 is 10.1 Å². The molecule has 0 aliphatic carbocycles. The molecule has 0 aliphatic rings. The van der Waals surface area contributed by atoms with Crippen LogP contribution in [-0.2, 0) is 9.59 Å². The molecule has 0 aromatic heterocycles. The van der Waals surface area contributed by atoms with E-state index in [1.165, 1.54) is 0 Å². The van der Waals surface area contributed by atoms with Crippen LogP contribution in [0.15, 0.2) is 0 Å². The first-order valence-electron chi connectivity index (χ1n) is 5.42. The molecule has 14 heavy (non-hydrogen) atoms. The number of amides is 1. The number of aldehydes is 1. The monoisotopic (exact) mass is 199 g/mol. The average molecular weight is 199 g/mol. The van der Waals surface area contributed by atoms with Crippen molar-refractivity contribution >= 4 is 12.7 Å². The number of carbonyl (C=O) groups is 2. The number of nitrogens with one attached hydrogen (secondary N) is 1. The number of hydrogen-bond donors (Lipinski definition) is 1. The number of unbranched alkanes of at least 4 members (excludes halogenated alkanes) is 2. The summed E-state index contributed by atoms with van der Waals surface area (Å²) in [6.07, 6.45) is 7.08. The molecule has 0 saturated heterocycles. The largest absolute Gasteiger partial charge is 0.346 e. The van der Waals surface area contributed by atoms with Gasteiger partial charge >= 0.3 is 0 Å². The van der Waals surface area contributed by atoms with Gasteiger partial charge in [0.1, 0.15) is 6.29 Å². The van der Waals surface area contributed by atoms with Crippen LogP contribution in [0.5, 0.6) is 0 Å². The molecule has 0 bridgehead atoms. The van der Waals surface area contributed by atoms with E-state index in [-0.39, 0.29) is 0 Å². The quantitative estimate of drug-likeness (QED) is 0.578. The molecule has 3 nitrogen and oxygen atoms in total. The fraction of sp³-hybridized carbons (Fsp3) is 0.818. The van der Waals surface area contributed by atoms with Crippen LogP contribution in [0.2, 0.25) is 0 Å². The van der Waals surface area contributed by atoms with Crippen LogP contribution in [-0.4, -0.2) is 18.2 Å². The van der Waals surface area contributed by atoms with Crippen molar-refractivity contribution in [2.75, 3.05) is 0 Å². The Morgan fingerprint density at radius 2 is 1.57 bits per heavy atom. The third-order valence-corrected chi connectivity index (χ3v) is 2.52. The highest BCUT2D eigenvalue weighted by atomic mass is 16.1. The summed E-state index contributed by atoms with van der Waals surface area (Å²) in [4.78, 5) is 21.4. The van der Waals surface area contributed by atoms with Crippen molar-refractivity contribution < 1.29 is 9.59 Å². The van der Waals surface area contributed by atoms with Gasteiger partial charge in [-0.15, -0.1) is 0 Å². The van der Waals surface area contributed by atoms with Gasteiger partial charge in [-0.2, -0.15) is 0 Å². The molecule has 82 valence electrons. The second kappa shape index (κ2) is 7.54. The smallest absolute Gasteiger partial charge is 0.207 e. The molecule has 0 atom stereocenters. The Balaban J connectivity index is 4.25. The molecule has 0 rings (SSSR count). The molecule has 0 unspecified atom stereocenters. The average Bonchev–Trinajstić information content (AvgIpc) is 2.22. The van der Waals surface area contributed by atoms with E-state index in [1.54, 1.807) is 0 Å². The lowest BCUT2D eigenvalue weighted by Crippen LogP contribution is -2.46. The second-order valence-electron chi connectivity index (χ2n) is 3.74. The maximum atomic E-state index is 11.0. The van der Waals surface area contributed by atoms with Crippen LogP contribution < -0.4 is 5.32 Å². The summed E-state index contributed by atoms with van der Waals surface area (Å²) in [5.41, 5.74) is -0.603. The SMILES string of the molecule is CCCCC(C=O)(CCCC)NC=O. The van der Waals surface area contributed by atoms with Gasteiger partial charge in [0.05, 0.1) is 5.54 Å². The maximum Gasteiger partial charge on any atom is 0.207 e. The van der Waals surface area contributed by atoms with Gasteiger partial charge in [-0.3, -0.25) is 4.79 Å². The van der Waals surface area contributed by atoms with Crippen LogP contribution in [0.3, 0.4) is 0 Å². The molecule has 1 amide bonds. The molecule has 0 radical (unpaired) electrons. The summed E-state index contributed by atoms with van der Waals surface area (Å²) < 4.78 is 0.